The number of carbonyl (C=O) groups excluding carboxylic acids is 1. The molecule has 2 aromatic heterocycles. The number of nitrogens with one attached hydrogen (secondary N) is 1. The first-order valence-electron chi connectivity index (χ1n) is 6.44. The van der Waals surface area contributed by atoms with Crippen molar-refractivity contribution in [3.8, 4) is 0 Å². The molecule has 0 aliphatic carbocycles. The van der Waals surface area contributed by atoms with Gasteiger partial charge in [0.05, 0.1) is 13.2 Å². The average Bonchev–Trinajstić information content (AvgIpc) is 3.07. The van der Waals surface area contributed by atoms with Crippen molar-refractivity contribution in [3.63, 3.8) is 0 Å². The number of H-pyrrole nitrogens is 1. The summed E-state index contributed by atoms with van der Waals surface area (Å²) in [5, 5.41) is 0. The van der Waals surface area contributed by atoms with E-state index in [1.165, 1.54) is 0 Å². The van der Waals surface area contributed by atoms with Crippen LogP contribution in [-0.4, -0.2) is 35.5 Å². The summed E-state index contributed by atoms with van der Waals surface area (Å²) in [5.41, 5.74) is 0.577. The van der Waals surface area contributed by atoms with Crippen LogP contribution in [0.5, 0.6) is 0 Å². The number of hydrogen-bond donors (Lipinski definition) is 1. The zero-order valence-corrected chi connectivity index (χ0v) is 12.6. The van der Waals surface area contributed by atoms with E-state index in [0.717, 1.165) is 16.0 Å². The number of nitrogens with zero attached hydrogens (tertiary/aromatic N) is 1. The number of amides is 1. The fourth-order valence-electron chi connectivity index (χ4n) is 2.29. The maximum absolute atomic E-state index is 12.4. The second-order valence-electron chi connectivity index (χ2n) is 4.79. The van der Waals surface area contributed by atoms with E-state index >= 15 is 0 Å². The largest absolute Gasteiger partial charge is 0.464 e. The lowest BCUT2D eigenvalue weighted by Crippen LogP contribution is -2.42. The van der Waals surface area contributed by atoms with E-state index in [9.17, 15) is 4.79 Å². The van der Waals surface area contributed by atoms with Crippen molar-refractivity contribution in [2.45, 2.75) is 13.0 Å². The van der Waals surface area contributed by atoms with Crippen LogP contribution in [0.25, 0.3) is 0 Å². The van der Waals surface area contributed by atoms with Crippen molar-refractivity contribution < 1.29 is 13.9 Å². The van der Waals surface area contributed by atoms with Gasteiger partial charge in [-0.1, -0.05) is 0 Å². The number of furan rings is 1. The Kier molecular flexibility index (Phi) is 3.67. The molecule has 2 aromatic rings. The molecule has 1 N–H and O–H groups in total. The number of hydrogen-bond acceptors (Lipinski definition) is 3. The number of carbonyl (C=O) groups is 1. The Bertz CT molecular complexity index is 619. The first-order valence-corrected chi connectivity index (χ1v) is 7.24. The predicted molar refractivity (Wildman–Crippen MR) is 76.5 cm³/mol. The molecule has 1 fully saturated rings. The van der Waals surface area contributed by atoms with Crippen LogP contribution in [0.15, 0.2) is 33.3 Å². The maximum Gasteiger partial charge on any atom is 0.270 e. The van der Waals surface area contributed by atoms with E-state index in [1.54, 1.807) is 17.2 Å². The fourth-order valence-corrected chi connectivity index (χ4v) is 2.64. The summed E-state index contributed by atoms with van der Waals surface area (Å²) in [6.45, 7) is 3.50. The highest BCUT2D eigenvalue weighted by atomic mass is 79.9. The van der Waals surface area contributed by atoms with Crippen LogP contribution in [0.2, 0.25) is 0 Å². The molecule has 0 radical (unpaired) electrons. The summed E-state index contributed by atoms with van der Waals surface area (Å²) < 4.78 is 12.1. The van der Waals surface area contributed by atoms with E-state index in [2.05, 4.69) is 20.9 Å². The normalized spacial score (nSPS) is 19.3. The molecule has 0 aromatic carbocycles. The molecule has 3 rings (SSSR count). The van der Waals surface area contributed by atoms with Gasteiger partial charge < -0.3 is 19.0 Å². The van der Waals surface area contributed by atoms with E-state index in [-0.39, 0.29) is 12.0 Å². The van der Waals surface area contributed by atoms with Gasteiger partial charge in [0.1, 0.15) is 23.3 Å². The molecule has 1 aliphatic heterocycles. The standard InChI is InChI=1S/C14H15BrN2O3/c1-9-2-3-12(20-9)13-8-17(4-5-19-13)14(18)11-6-10(15)7-16-11/h2-3,6-7,13,16H,4-5,8H2,1H3/t13-/m1/s1. The average molecular weight is 339 g/mol. The number of rotatable bonds is 2. The third-order valence-electron chi connectivity index (χ3n) is 3.31. The Hall–Kier alpha value is -1.53. The van der Waals surface area contributed by atoms with Crippen LogP contribution in [0.3, 0.4) is 0 Å². The van der Waals surface area contributed by atoms with Gasteiger partial charge in [-0.25, -0.2) is 0 Å². The molecule has 6 heteroatoms. The van der Waals surface area contributed by atoms with E-state index in [0.29, 0.717) is 25.4 Å². The van der Waals surface area contributed by atoms with Crippen molar-refractivity contribution in [1.29, 1.82) is 0 Å². The van der Waals surface area contributed by atoms with E-state index < -0.39 is 0 Å². The van der Waals surface area contributed by atoms with Crippen molar-refractivity contribution in [2.75, 3.05) is 19.7 Å². The molecular formula is C14H15BrN2O3. The Balaban J connectivity index is 1.73. The van der Waals surface area contributed by atoms with Crippen molar-refractivity contribution in [2.24, 2.45) is 0 Å². The van der Waals surface area contributed by atoms with E-state index in [4.69, 9.17) is 9.15 Å². The minimum Gasteiger partial charge on any atom is -0.464 e. The lowest BCUT2D eigenvalue weighted by molar-refractivity contribution is -0.0325. The SMILES string of the molecule is Cc1ccc([C@H]2CN(C(=O)c3cc(Br)c[nH]3)CCO2)o1. The molecule has 0 bridgehead atoms. The van der Waals surface area contributed by atoms with Crippen LogP contribution in [0, 0.1) is 6.92 Å². The minimum atomic E-state index is -0.195. The molecule has 20 heavy (non-hydrogen) atoms. The Morgan fingerprint density at radius 2 is 2.35 bits per heavy atom. The van der Waals surface area contributed by atoms with Crippen LogP contribution >= 0.6 is 15.9 Å². The van der Waals surface area contributed by atoms with Crippen LogP contribution in [-0.2, 0) is 4.74 Å². The molecule has 0 spiro atoms. The highest BCUT2D eigenvalue weighted by molar-refractivity contribution is 9.10. The molecule has 3 heterocycles. The predicted octanol–water partition coefficient (Wildman–Crippen LogP) is 2.89. The van der Waals surface area contributed by atoms with Gasteiger partial charge in [0, 0.05) is 17.2 Å². The summed E-state index contributed by atoms with van der Waals surface area (Å²) in [5.74, 6) is 1.60. The highest BCUT2D eigenvalue weighted by Crippen LogP contribution is 2.25. The number of ether oxygens (including phenoxy) is 1. The first-order chi connectivity index (χ1) is 9.63. The number of aromatic nitrogens is 1. The Labute approximate surface area is 125 Å². The van der Waals surface area contributed by atoms with Crippen molar-refractivity contribution in [1.82, 2.24) is 9.88 Å². The van der Waals surface area contributed by atoms with Gasteiger partial charge in [0.2, 0.25) is 0 Å². The zero-order chi connectivity index (χ0) is 14.1. The highest BCUT2D eigenvalue weighted by Gasteiger charge is 2.28. The zero-order valence-electron chi connectivity index (χ0n) is 11.1. The second-order valence-corrected chi connectivity index (χ2v) is 5.71. The maximum atomic E-state index is 12.4. The van der Waals surface area contributed by atoms with Gasteiger partial charge in [-0.15, -0.1) is 0 Å². The van der Waals surface area contributed by atoms with Crippen LogP contribution < -0.4 is 0 Å². The number of halogens is 1. The number of morpholine rings is 1. The quantitative estimate of drug-likeness (QED) is 0.915. The Morgan fingerprint density at radius 1 is 1.50 bits per heavy atom. The molecule has 0 unspecified atom stereocenters. The van der Waals surface area contributed by atoms with Crippen molar-refractivity contribution >= 4 is 21.8 Å². The van der Waals surface area contributed by atoms with Gasteiger partial charge in [-0.05, 0) is 41.1 Å². The second kappa shape index (κ2) is 5.46. The van der Waals surface area contributed by atoms with Crippen LogP contribution in [0.1, 0.15) is 28.1 Å². The molecule has 106 valence electrons. The number of aryl methyl sites for hydroxylation is 1. The molecule has 0 saturated carbocycles. The van der Waals surface area contributed by atoms with Gasteiger partial charge in [0.15, 0.2) is 0 Å². The monoisotopic (exact) mass is 338 g/mol. The summed E-state index contributed by atoms with van der Waals surface area (Å²) in [7, 11) is 0. The summed E-state index contributed by atoms with van der Waals surface area (Å²) in [6, 6.07) is 5.59. The third-order valence-corrected chi connectivity index (χ3v) is 3.77. The lowest BCUT2D eigenvalue weighted by Gasteiger charge is -2.31. The molecule has 1 aliphatic rings. The van der Waals surface area contributed by atoms with Gasteiger partial charge in [0.25, 0.3) is 5.91 Å². The molecule has 1 amide bonds. The van der Waals surface area contributed by atoms with Gasteiger partial charge in [-0.2, -0.15) is 0 Å². The molecule has 5 nitrogen and oxygen atoms in total. The molecular weight excluding hydrogens is 324 g/mol. The molecule has 1 saturated heterocycles. The number of aromatic amines is 1. The summed E-state index contributed by atoms with van der Waals surface area (Å²) in [6.07, 6.45) is 1.56. The van der Waals surface area contributed by atoms with Crippen LogP contribution in [0.4, 0.5) is 0 Å². The molecule has 1 atom stereocenters. The smallest absolute Gasteiger partial charge is 0.270 e. The lowest BCUT2D eigenvalue weighted by atomic mass is 10.2. The summed E-state index contributed by atoms with van der Waals surface area (Å²) in [4.78, 5) is 17.1. The fraction of sp³-hybridized carbons (Fsp3) is 0.357. The topological polar surface area (TPSA) is 58.5 Å². The summed E-state index contributed by atoms with van der Waals surface area (Å²) >= 11 is 3.33. The van der Waals surface area contributed by atoms with Gasteiger partial charge in [-0.3, -0.25) is 4.79 Å². The van der Waals surface area contributed by atoms with Crippen molar-refractivity contribution in [3.05, 3.63) is 46.1 Å². The van der Waals surface area contributed by atoms with Gasteiger partial charge >= 0.3 is 0 Å². The first kappa shape index (κ1) is 13.5. The third kappa shape index (κ3) is 2.66. The minimum absolute atomic E-state index is 0.0210. The Morgan fingerprint density at radius 3 is 3.00 bits per heavy atom. The van der Waals surface area contributed by atoms with E-state index in [1.807, 2.05) is 19.1 Å².